The second-order valence-corrected chi connectivity index (χ2v) is 10.9. The number of nitrogens with one attached hydrogen (secondary N) is 1. The van der Waals surface area contributed by atoms with Gasteiger partial charge in [0.1, 0.15) is 0 Å². The molecule has 6 rings (SSSR count). The Balaban J connectivity index is 1.56. The minimum Gasteiger partial charge on any atom is -0.493 e. The highest BCUT2D eigenvalue weighted by Gasteiger charge is 2.36. The predicted octanol–water partition coefficient (Wildman–Crippen LogP) is 6.97. The molecule has 0 spiro atoms. The normalized spacial score (nSPS) is 14.5. The minimum atomic E-state index is -0.455. The van der Waals surface area contributed by atoms with Crippen LogP contribution < -0.4 is 19.8 Å². The summed E-state index contributed by atoms with van der Waals surface area (Å²) >= 11 is 3.59. The van der Waals surface area contributed by atoms with E-state index in [1.807, 2.05) is 78.9 Å². The summed E-state index contributed by atoms with van der Waals surface area (Å²) in [5.74, 6) is 0.720. The molecular weight excluding hydrogens is 610 g/mol. The maximum absolute atomic E-state index is 14.2. The summed E-state index contributed by atoms with van der Waals surface area (Å²) in [6.45, 7) is 0. The lowest BCUT2D eigenvalue weighted by Gasteiger charge is -2.23. The standard InChI is InChI=1S/C34H28BrN3O5/c1-41-28-16-22(17-29(42-2)32(28)43-3)34(40)38-27(20-10-6-4-7-11-20)19-26(37-38)31-30(21-12-8-5-9-13-21)24-18-23(35)14-15-25(24)36-33(31)39/h4-18,27H,19H2,1-3H3,(H,36,39)/t27-/m1/s1. The zero-order valence-electron chi connectivity index (χ0n) is 23.8. The fraction of sp³-hybridized carbons (Fsp3) is 0.147. The lowest BCUT2D eigenvalue weighted by Crippen LogP contribution is -2.27. The Labute approximate surface area is 256 Å². The third-order valence-electron chi connectivity index (χ3n) is 7.54. The van der Waals surface area contributed by atoms with Crippen LogP contribution in [-0.2, 0) is 0 Å². The molecule has 1 aliphatic heterocycles. The number of hydrogen-bond donors (Lipinski definition) is 1. The van der Waals surface area contributed by atoms with Crippen molar-refractivity contribution in [3.63, 3.8) is 0 Å². The number of benzene rings is 4. The number of hydrazone groups is 1. The minimum absolute atomic E-state index is 0.277. The Bertz CT molecular complexity index is 1900. The van der Waals surface area contributed by atoms with Gasteiger partial charge in [-0.25, -0.2) is 5.01 Å². The fourth-order valence-electron chi connectivity index (χ4n) is 5.57. The number of carbonyl (C=O) groups is 1. The molecule has 216 valence electrons. The molecule has 1 aliphatic rings. The number of aromatic amines is 1. The summed E-state index contributed by atoms with van der Waals surface area (Å²) in [5, 5.41) is 7.19. The predicted molar refractivity (Wildman–Crippen MR) is 170 cm³/mol. The molecule has 0 fully saturated rings. The van der Waals surface area contributed by atoms with Gasteiger partial charge in [0.15, 0.2) is 11.5 Å². The van der Waals surface area contributed by atoms with Crippen LogP contribution in [0.3, 0.4) is 0 Å². The molecule has 5 aromatic rings. The molecule has 1 N–H and O–H groups in total. The molecule has 43 heavy (non-hydrogen) atoms. The molecule has 0 bridgehead atoms. The largest absolute Gasteiger partial charge is 0.493 e. The van der Waals surface area contributed by atoms with Gasteiger partial charge in [-0.3, -0.25) is 9.59 Å². The number of halogens is 1. The number of ether oxygens (including phenoxy) is 3. The van der Waals surface area contributed by atoms with E-state index in [2.05, 4.69) is 20.9 Å². The monoisotopic (exact) mass is 637 g/mol. The van der Waals surface area contributed by atoms with Gasteiger partial charge in [0.25, 0.3) is 11.5 Å². The number of hydrogen-bond acceptors (Lipinski definition) is 6. The van der Waals surface area contributed by atoms with Gasteiger partial charge in [-0.2, -0.15) is 5.10 Å². The van der Waals surface area contributed by atoms with Crippen molar-refractivity contribution in [3.05, 3.63) is 123 Å². The number of aromatic nitrogens is 1. The maximum atomic E-state index is 14.2. The highest BCUT2D eigenvalue weighted by atomic mass is 79.9. The molecular formula is C34H28BrN3O5. The van der Waals surface area contributed by atoms with E-state index in [1.54, 1.807) is 12.1 Å². The van der Waals surface area contributed by atoms with Crippen molar-refractivity contribution in [1.29, 1.82) is 0 Å². The molecule has 8 nitrogen and oxygen atoms in total. The molecule has 0 saturated carbocycles. The third-order valence-corrected chi connectivity index (χ3v) is 8.03. The summed E-state index contributed by atoms with van der Waals surface area (Å²) in [6.07, 6.45) is 0.336. The zero-order chi connectivity index (χ0) is 30.1. The number of amides is 1. The first-order chi connectivity index (χ1) is 20.9. The molecule has 1 atom stereocenters. The molecule has 1 amide bonds. The molecule has 0 aliphatic carbocycles. The van der Waals surface area contributed by atoms with Crippen molar-refractivity contribution < 1.29 is 19.0 Å². The Morgan fingerprint density at radius 3 is 2.14 bits per heavy atom. The van der Waals surface area contributed by atoms with Crippen LogP contribution in [0.1, 0.15) is 33.9 Å². The number of methoxy groups -OCH3 is 3. The smallest absolute Gasteiger partial charge is 0.274 e. The average Bonchev–Trinajstić information content (AvgIpc) is 3.49. The van der Waals surface area contributed by atoms with E-state index < -0.39 is 6.04 Å². The van der Waals surface area contributed by atoms with E-state index in [0.29, 0.717) is 46.0 Å². The average molecular weight is 639 g/mol. The summed E-state index contributed by atoms with van der Waals surface area (Å²) < 4.78 is 17.3. The molecule has 0 saturated heterocycles. The van der Waals surface area contributed by atoms with E-state index in [0.717, 1.165) is 26.5 Å². The van der Waals surface area contributed by atoms with E-state index in [-0.39, 0.29) is 11.5 Å². The number of nitrogens with zero attached hydrogens (tertiary/aromatic N) is 2. The van der Waals surface area contributed by atoms with Crippen LogP contribution in [0.4, 0.5) is 0 Å². The summed E-state index contributed by atoms with van der Waals surface area (Å²) in [6, 6.07) is 27.9. The number of rotatable bonds is 7. The SMILES string of the molecule is COc1cc(C(=O)N2N=C(c3c(-c4ccccc4)c4cc(Br)ccc4[nH]c3=O)C[C@@H]2c2ccccc2)cc(OC)c1OC. The topological polar surface area (TPSA) is 93.2 Å². The van der Waals surface area contributed by atoms with Gasteiger partial charge < -0.3 is 19.2 Å². The molecule has 9 heteroatoms. The molecule has 4 aromatic carbocycles. The Morgan fingerprint density at radius 2 is 1.51 bits per heavy atom. The van der Waals surface area contributed by atoms with Crippen LogP contribution in [-0.4, -0.2) is 42.9 Å². The van der Waals surface area contributed by atoms with Crippen molar-refractivity contribution in [3.8, 4) is 28.4 Å². The third kappa shape index (κ3) is 5.17. The summed E-state index contributed by atoms with van der Waals surface area (Å²) in [5.41, 5.74) is 4.20. The number of pyridine rings is 1. The van der Waals surface area contributed by atoms with Gasteiger partial charge in [0.05, 0.1) is 38.6 Å². The van der Waals surface area contributed by atoms with E-state index in [4.69, 9.17) is 19.3 Å². The van der Waals surface area contributed by atoms with Gasteiger partial charge in [0, 0.05) is 32.9 Å². The van der Waals surface area contributed by atoms with Crippen molar-refractivity contribution in [2.75, 3.05) is 21.3 Å². The Kier molecular flexibility index (Phi) is 7.73. The van der Waals surface area contributed by atoms with Crippen LogP contribution in [0.2, 0.25) is 0 Å². The van der Waals surface area contributed by atoms with Gasteiger partial charge in [-0.1, -0.05) is 76.6 Å². The van der Waals surface area contributed by atoms with Gasteiger partial charge >= 0.3 is 0 Å². The first-order valence-electron chi connectivity index (χ1n) is 13.6. The van der Waals surface area contributed by atoms with Crippen LogP contribution in [0.25, 0.3) is 22.0 Å². The number of fused-ring (bicyclic) bond motifs is 1. The van der Waals surface area contributed by atoms with Crippen molar-refractivity contribution in [1.82, 2.24) is 9.99 Å². The van der Waals surface area contributed by atoms with E-state index in [1.165, 1.54) is 26.3 Å². The summed E-state index contributed by atoms with van der Waals surface area (Å²) in [4.78, 5) is 31.1. The highest BCUT2D eigenvalue weighted by molar-refractivity contribution is 9.10. The van der Waals surface area contributed by atoms with Crippen LogP contribution in [0.5, 0.6) is 17.2 Å². The van der Waals surface area contributed by atoms with Crippen LogP contribution in [0.15, 0.2) is 105 Å². The van der Waals surface area contributed by atoms with Crippen LogP contribution >= 0.6 is 15.9 Å². The Hall–Kier alpha value is -4.89. The van der Waals surface area contributed by atoms with Crippen molar-refractivity contribution in [2.45, 2.75) is 12.5 Å². The molecule has 2 heterocycles. The Morgan fingerprint density at radius 1 is 0.860 bits per heavy atom. The first kappa shape index (κ1) is 28.2. The van der Waals surface area contributed by atoms with Crippen molar-refractivity contribution in [2.24, 2.45) is 5.10 Å². The lowest BCUT2D eigenvalue weighted by molar-refractivity contribution is 0.0710. The van der Waals surface area contributed by atoms with Crippen LogP contribution in [0, 0.1) is 0 Å². The second kappa shape index (κ2) is 11.8. The first-order valence-corrected chi connectivity index (χ1v) is 14.4. The fourth-order valence-corrected chi connectivity index (χ4v) is 5.93. The van der Waals surface area contributed by atoms with Gasteiger partial charge in [-0.05, 0) is 41.5 Å². The van der Waals surface area contributed by atoms with E-state index >= 15 is 0 Å². The quantitative estimate of drug-likeness (QED) is 0.208. The number of H-pyrrole nitrogens is 1. The maximum Gasteiger partial charge on any atom is 0.274 e. The molecule has 0 unspecified atom stereocenters. The lowest BCUT2D eigenvalue weighted by atomic mass is 9.91. The molecule has 1 aromatic heterocycles. The van der Waals surface area contributed by atoms with Crippen molar-refractivity contribution >= 4 is 38.5 Å². The van der Waals surface area contributed by atoms with Gasteiger partial charge in [0.2, 0.25) is 5.75 Å². The summed E-state index contributed by atoms with van der Waals surface area (Å²) in [7, 11) is 4.51. The van der Waals surface area contributed by atoms with Gasteiger partial charge in [-0.15, -0.1) is 0 Å². The zero-order valence-corrected chi connectivity index (χ0v) is 25.3. The second-order valence-electron chi connectivity index (χ2n) is 10.0. The highest BCUT2D eigenvalue weighted by Crippen LogP contribution is 2.41. The van der Waals surface area contributed by atoms with E-state index in [9.17, 15) is 9.59 Å². The molecule has 0 radical (unpaired) electrons. The number of carbonyl (C=O) groups excluding carboxylic acids is 1.